The van der Waals surface area contributed by atoms with Gasteiger partial charge in [0.05, 0.1) is 12.3 Å². The molecule has 0 aromatic heterocycles. The van der Waals surface area contributed by atoms with Gasteiger partial charge in [-0.15, -0.1) is 0 Å². The Hall–Kier alpha value is -0.320. The number of aliphatic hydroxyl groups excluding tert-OH is 1. The summed E-state index contributed by atoms with van der Waals surface area (Å²) in [5.41, 5.74) is 11.8. The van der Waals surface area contributed by atoms with Gasteiger partial charge >= 0.3 is 0 Å². The lowest BCUT2D eigenvalue weighted by Crippen LogP contribution is -2.55. The Balaban J connectivity index is 2.15. The third-order valence-corrected chi connectivity index (χ3v) is 4.11. The van der Waals surface area contributed by atoms with Crippen LogP contribution in [0.15, 0.2) is 0 Å². The number of likely N-dealkylation sites (N-methyl/N-ethyl adjacent to an activating group) is 1. The van der Waals surface area contributed by atoms with Crippen LogP contribution in [0.4, 0.5) is 0 Å². The van der Waals surface area contributed by atoms with Gasteiger partial charge in [0, 0.05) is 26.2 Å². The highest BCUT2D eigenvalue weighted by atomic mass is 16.3. The van der Waals surface area contributed by atoms with Crippen molar-refractivity contribution in [3.63, 3.8) is 0 Å². The van der Waals surface area contributed by atoms with E-state index >= 15 is 0 Å². The topological polar surface area (TPSA) is 115 Å². The van der Waals surface area contributed by atoms with Crippen LogP contribution in [0, 0.1) is 0 Å². The average molecular weight is 332 g/mol. The van der Waals surface area contributed by atoms with Crippen LogP contribution < -0.4 is 27.4 Å². The van der Waals surface area contributed by atoms with Crippen molar-refractivity contribution < 1.29 is 5.11 Å². The molecule has 8 N–H and O–H groups in total. The summed E-state index contributed by atoms with van der Waals surface area (Å²) in [5, 5.41) is 19.5. The number of nitrogens with two attached hydrogens (primary N) is 2. The largest absolute Gasteiger partial charge is 0.377 e. The Morgan fingerprint density at radius 1 is 1.13 bits per heavy atom. The zero-order chi connectivity index (χ0) is 17.1. The van der Waals surface area contributed by atoms with Gasteiger partial charge in [0.1, 0.15) is 6.23 Å². The van der Waals surface area contributed by atoms with Crippen LogP contribution in [-0.2, 0) is 0 Å². The zero-order valence-electron chi connectivity index (χ0n) is 14.8. The van der Waals surface area contributed by atoms with Crippen molar-refractivity contribution in [2.24, 2.45) is 11.5 Å². The summed E-state index contributed by atoms with van der Waals surface area (Å²) >= 11 is 0. The van der Waals surface area contributed by atoms with Crippen molar-refractivity contribution in [3.8, 4) is 0 Å². The highest BCUT2D eigenvalue weighted by Crippen LogP contribution is 2.11. The molecule has 23 heavy (non-hydrogen) atoms. The Morgan fingerprint density at radius 2 is 1.83 bits per heavy atom. The van der Waals surface area contributed by atoms with E-state index in [1.165, 1.54) is 12.8 Å². The molecule has 0 aliphatic carbocycles. The molecule has 3 unspecified atom stereocenters. The van der Waals surface area contributed by atoms with Gasteiger partial charge in [-0.3, -0.25) is 20.9 Å². The highest BCUT2D eigenvalue weighted by Gasteiger charge is 2.21. The fraction of sp³-hybridized carbons (Fsp3) is 1.00. The lowest BCUT2D eigenvalue weighted by atomic mass is 10.3. The van der Waals surface area contributed by atoms with Crippen LogP contribution in [-0.4, -0.2) is 93.4 Å². The van der Waals surface area contributed by atoms with E-state index in [0.717, 1.165) is 32.6 Å². The number of nitrogens with zero attached hydrogens (tertiary/aromatic N) is 2. The third-order valence-electron chi connectivity index (χ3n) is 4.11. The minimum absolute atomic E-state index is 0.192. The van der Waals surface area contributed by atoms with Crippen molar-refractivity contribution in [2.75, 3.05) is 59.9 Å². The molecular formula is C15H37N7O. The van der Waals surface area contributed by atoms with E-state index in [-0.39, 0.29) is 6.17 Å². The zero-order valence-corrected chi connectivity index (χ0v) is 14.8. The van der Waals surface area contributed by atoms with E-state index < -0.39 is 6.23 Å². The smallest absolute Gasteiger partial charge is 0.117 e. The van der Waals surface area contributed by atoms with Crippen molar-refractivity contribution >= 4 is 0 Å². The molecule has 1 saturated heterocycles. The molecule has 1 aliphatic heterocycles. The lowest BCUT2D eigenvalue weighted by molar-refractivity contribution is 0.127. The maximum atomic E-state index is 9.85. The molecule has 138 valence electrons. The Kier molecular flexibility index (Phi) is 10.9. The first-order chi connectivity index (χ1) is 11.0. The Bertz CT molecular complexity index is 287. The molecule has 8 heteroatoms. The second-order valence-electron chi connectivity index (χ2n) is 6.53. The Morgan fingerprint density at radius 3 is 2.43 bits per heavy atom. The van der Waals surface area contributed by atoms with Gasteiger partial charge in [0.2, 0.25) is 0 Å². The Labute approximate surface area is 140 Å². The van der Waals surface area contributed by atoms with Crippen LogP contribution in [0.5, 0.6) is 0 Å². The molecular weight excluding hydrogens is 294 g/mol. The van der Waals surface area contributed by atoms with Gasteiger partial charge in [-0.1, -0.05) is 0 Å². The van der Waals surface area contributed by atoms with Gasteiger partial charge in [0.15, 0.2) is 0 Å². The summed E-state index contributed by atoms with van der Waals surface area (Å²) in [4.78, 5) is 4.51. The van der Waals surface area contributed by atoms with Crippen LogP contribution in [0.2, 0.25) is 0 Å². The first kappa shape index (κ1) is 20.7. The van der Waals surface area contributed by atoms with E-state index in [4.69, 9.17) is 11.5 Å². The summed E-state index contributed by atoms with van der Waals surface area (Å²) in [6, 6.07) is 0. The van der Waals surface area contributed by atoms with Gasteiger partial charge in [0.25, 0.3) is 0 Å². The van der Waals surface area contributed by atoms with Crippen molar-refractivity contribution in [2.45, 2.75) is 37.8 Å². The average Bonchev–Trinajstić information content (AvgIpc) is 3.03. The molecule has 0 aromatic carbocycles. The van der Waals surface area contributed by atoms with E-state index in [1.807, 2.05) is 14.1 Å². The monoisotopic (exact) mass is 331 g/mol. The molecule has 0 bridgehead atoms. The number of nitrogens with one attached hydrogen (secondary N) is 3. The molecule has 0 saturated carbocycles. The lowest BCUT2D eigenvalue weighted by Gasteiger charge is -2.29. The first-order valence-corrected chi connectivity index (χ1v) is 8.75. The number of rotatable bonds is 13. The fourth-order valence-electron chi connectivity index (χ4n) is 2.75. The molecule has 1 heterocycles. The van der Waals surface area contributed by atoms with Crippen molar-refractivity contribution in [1.29, 1.82) is 0 Å². The second kappa shape index (κ2) is 12.1. The molecule has 1 fully saturated rings. The minimum Gasteiger partial charge on any atom is -0.377 e. The summed E-state index contributed by atoms with van der Waals surface area (Å²) in [7, 11) is 4.01. The number of hydrogen-bond acceptors (Lipinski definition) is 8. The van der Waals surface area contributed by atoms with E-state index in [9.17, 15) is 5.11 Å². The standard InChI is InChI=1S/C15H37N7O/c1-21(2)10-7-18-15(23)12-19-13(17)11-20-14(5-6-16)22-8-3-4-9-22/h13-15,18-20,23H,3-12,16-17H2,1-2H3. The van der Waals surface area contributed by atoms with E-state index in [0.29, 0.717) is 25.8 Å². The molecule has 0 amide bonds. The molecule has 8 nitrogen and oxygen atoms in total. The summed E-state index contributed by atoms with van der Waals surface area (Å²) in [6.07, 6.45) is 2.98. The van der Waals surface area contributed by atoms with Gasteiger partial charge in [-0.25, -0.2) is 0 Å². The number of likely N-dealkylation sites (tertiary alicyclic amines) is 1. The predicted molar refractivity (Wildman–Crippen MR) is 94.8 cm³/mol. The van der Waals surface area contributed by atoms with Gasteiger partial charge in [-0.2, -0.15) is 0 Å². The maximum Gasteiger partial charge on any atom is 0.117 e. The van der Waals surface area contributed by atoms with Gasteiger partial charge < -0.3 is 21.5 Å². The fourth-order valence-corrected chi connectivity index (χ4v) is 2.75. The summed E-state index contributed by atoms with van der Waals surface area (Å²) in [5.74, 6) is 0. The molecule has 1 aliphatic rings. The molecule has 1 rings (SSSR count). The van der Waals surface area contributed by atoms with Crippen LogP contribution in [0.25, 0.3) is 0 Å². The van der Waals surface area contributed by atoms with Gasteiger partial charge in [-0.05, 0) is 53.0 Å². The highest BCUT2D eigenvalue weighted by molar-refractivity contribution is 4.77. The maximum absolute atomic E-state index is 9.85. The number of hydrogen-bond donors (Lipinski definition) is 6. The normalized spacial score (nSPS) is 20.1. The summed E-state index contributed by atoms with van der Waals surface area (Å²) < 4.78 is 0. The summed E-state index contributed by atoms with van der Waals surface area (Å²) in [6.45, 7) is 5.67. The minimum atomic E-state index is -0.584. The molecule has 0 aromatic rings. The van der Waals surface area contributed by atoms with Crippen LogP contribution in [0.3, 0.4) is 0 Å². The third kappa shape index (κ3) is 9.53. The molecule has 0 spiro atoms. The van der Waals surface area contributed by atoms with Crippen molar-refractivity contribution in [3.05, 3.63) is 0 Å². The van der Waals surface area contributed by atoms with Crippen LogP contribution in [0.1, 0.15) is 19.3 Å². The SMILES string of the molecule is CN(C)CCNC(O)CNC(N)CNC(CCN)N1CCCC1. The van der Waals surface area contributed by atoms with Crippen LogP contribution >= 0.6 is 0 Å². The first-order valence-electron chi connectivity index (χ1n) is 8.75. The van der Waals surface area contributed by atoms with Crippen molar-refractivity contribution in [1.82, 2.24) is 25.8 Å². The molecule has 0 radical (unpaired) electrons. The van der Waals surface area contributed by atoms with E-state index in [1.54, 1.807) is 0 Å². The molecule has 3 atom stereocenters. The number of aliphatic hydroxyl groups is 1. The second-order valence-corrected chi connectivity index (χ2v) is 6.53. The quantitative estimate of drug-likeness (QED) is 0.209. The van der Waals surface area contributed by atoms with E-state index in [2.05, 4.69) is 25.8 Å². The predicted octanol–water partition coefficient (Wildman–Crippen LogP) is -2.31.